The summed E-state index contributed by atoms with van der Waals surface area (Å²) in [5.41, 5.74) is 0.339. The van der Waals surface area contributed by atoms with Crippen LogP contribution in [0.1, 0.15) is 66.7 Å². The zero-order valence-electron chi connectivity index (χ0n) is 13.3. The van der Waals surface area contributed by atoms with Crippen molar-refractivity contribution in [3.8, 4) is 0 Å². The third-order valence-corrected chi connectivity index (χ3v) is 4.18. The number of hydrogen-bond acceptors (Lipinski definition) is 2. The molecular formula is C16H34N2. The van der Waals surface area contributed by atoms with Gasteiger partial charge in [0, 0.05) is 11.6 Å². The molecule has 108 valence electrons. The maximum absolute atomic E-state index is 2.68. The van der Waals surface area contributed by atoms with Crippen LogP contribution in [0.2, 0.25) is 0 Å². The predicted molar refractivity (Wildman–Crippen MR) is 81.1 cm³/mol. The summed E-state index contributed by atoms with van der Waals surface area (Å²) in [4.78, 5) is 5.34. The van der Waals surface area contributed by atoms with Crippen LogP contribution in [0, 0.1) is 0 Å². The summed E-state index contributed by atoms with van der Waals surface area (Å²) in [7, 11) is 0. The lowest BCUT2D eigenvalue weighted by Gasteiger charge is -2.35. The highest BCUT2D eigenvalue weighted by Gasteiger charge is 2.20. The summed E-state index contributed by atoms with van der Waals surface area (Å²) < 4.78 is 0. The molecule has 1 saturated heterocycles. The molecule has 0 unspecified atom stereocenters. The normalized spacial score (nSPS) is 23.0. The van der Waals surface area contributed by atoms with Crippen molar-refractivity contribution in [2.45, 2.75) is 78.3 Å². The first-order valence-corrected chi connectivity index (χ1v) is 7.90. The lowest BCUT2D eigenvalue weighted by molar-refractivity contribution is 0.131. The Bertz CT molecular complexity index is 218. The average Bonchev–Trinajstić information content (AvgIpc) is 2.30. The molecule has 0 bridgehead atoms. The summed E-state index contributed by atoms with van der Waals surface area (Å²) >= 11 is 0. The molecule has 0 aromatic rings. The first-order chi connectivity index (χ1) is 8.41. The van der Waals surface area contributed by atoms with Crippen molar-refractivity contribution in [3.05, 3.63) is 0 Å². The molecule has 0 amide bonds. The Balaban J connectivity index is 2.48. The highest BCUT2D eigenvalue weighted by Crippen LogP contribution is 2.17. The molecule has 0 N–H and O–H groups in total. The van der Waals surface area contributed by atoms with E-state index in [2.05, 4.69) is 44.4 Å². The summed E-state index contributed by atoms with van der Waals surface area (Å²) in [5, 5.41) is 0. The molecule has 0 aliphatic carbocycles. The molecule has 1 aliphatic rings. The van der Waals surface area contributed by atoms with E-state index in [0.717, 1.165) is 0 Å². The van der Waals surface area contributed by atoms with E-state index < -0.39 is 0 Å². The fourth-order valence-corrected chi connectivity index (χ4v) is 2.82. The molecular weight excluding hydrogens is 220 g/mol. The van der Waals surface area contributed by atoms with E-state index in [1.807, 2.05) is 0 Å². The molecule has 1 heterocycles. The summed E-state index contributed by atoms with van der Waals surface area (Å²) in [6, 6.07) is 0.712. The van der Waals surface area contributed by atoms with Crippen LogP contribution in [0.3, 0.4) is 0 Å². The van der Waals surface area contributed by atoms with Crippen molar-refractivity contribution in [2.75, 3.05) is 26.2 Å². The second-order valence-corrected chi connectivity index (χ2v) is 7.06. The van der Waals surface area contributed by atoms with Gasteiger partial charge in [0.05, 0.1) is 0 Å². The van der Waals surface area contributed by atoms with Gasteiger partial charge in [-0.05, 0) is 86.5 Å². The Labute approximate surface area is 115 Å². The van der Waals surface area contributed by atoms with Crippen molar-refractivity contribution in [3.63, 3.8) is 0 Å². The van der Waals surface area contributed by atoms with Crippen LogP contribution in [0.15, 0.2) is 0 Å². The van der Waals surface area contributed by atoms with Gasteiger partial charge in [-0.15, -0.1) is 0 Å². The molecule has 0 atom stereocenters. The van der Waals surface area contributed by atoms with Crippen LogP contribution < -0.4 is 0 Å². The molecule has 0 radical (unpaired) electrons. The maximum atomic E-state index is 2.68. The fourth-order valence-electron chi connectivity index (χ4n) is 2.82. The quantitative estimate of drug-likeness (QED) is 0.703. The molecule has 1 fully saturated rings. The standard InChI is InChI=1S/C16H34N2/c1-15(2)17-11-7-6-8-13-18(16(3,4)5)14-10-9-12-17/h15H,6-14H2,1-5H3. The zero-order valence-corrected chi connectivity index (χ0v) is 13.3. The second-order valence-electron chi connectivity index (χ2n) is 7.06. The fraction of sp³-hybridized carbons (Fsp3) is 1.00. The molecule has 2 heteroatoms. The van der Waals surface area contributed by atoms with Gasteiger partial charge < -0.3 is 4.90 Å². The van der Waals surface area contributed by atoms with Gasteiger partial charge >= 0.3 is 0 Å². The Hall–Kier alpha value is -0.0800. The average molecular weight is 254 g/mol. The number of nitrogens with zero attached hydrogens (tertiary/aromatic N) is 2. The highest BCUT2D eigenvalue weighted by atomic mass is 15.2. The second kappa shape index (κ2) is 7.49. The molecule has 2 nitrogen and oxygen atoms in total. The largest absolute Gasteiger partial charge is 0.301 e. The minimum absolute atomic E-state index is 0.339. The van der Waals surface area contributed by atoms with Gasteiger partial charge in [-0.3, -0.25) is 4.90 Å². The van der Waals surface area contributed by atoms with Crippen LogP contribution in [0.25, 0.3) is 0 Å². The Morgan fingerprint density at radius 3 is 1.67 bits per heavy atom. The SMILES string of the molecule is CC(C)N1CCCCCN(C(C)(C)C)CCCC1. The van der Waals surface area contributed by atoms with E-state index >= 15 is 0 Å². The summed E-state index contributed by atoms with van der Waals surface area (Å²) in [5.74, 6) is 0. The van der Waals surface area contributed by atoms with Gasteiger partial charge in [-0.2, -0.15) is 0 Å². The van der Waals surface area contributed by atoms with E-state index in [0.29, 0.717) is 11.6 Å². The first-order valence-electron chi connectivity index (χ1n) is 7.90. The third kappa shape index (κ3) is 5.71. The molecule has 0 spiro atoms. The number of rotatable bonds is 1. The minimum Gasteiger partial charge on any atom is -0.301 e. The van der Waals surface area contributed by atoms with Crippen LogP contribution in [0.5, 0.6) is 0 Å². The molecule has 0 saturated carbocycles. The van der Waals surface area contributed by atoms with Crippen molar-refractivity contribution < 1.29 is 0 Å². The first kappa shape index (κ1) is 16.0. The summed E-state index contributed by atoms with van der Waals surface area (Å²) in [6.07, 6.45) is 6.82. The Kier molecular flexibility index (Phi) is 6.65. The summed E-state index contributed by atoms with van der Waals surface area (Å²) in [6.45, 7) is 16.9. The maximum Gasteiger partial charge on any atom is 0.0125 e. The van der Waals surface area contributed by atoms with E-state index in [-0.39, 0.29) is 0 Å². The minimum atomic E-state index is 0.339. The molecule has 0 aromatic carbocycles. The molecule has 1 rings (SSSR count). The van der Waals surface area contributed by atoms with Crippen LogP contribution >= 0.6 is 0 Å². The highest BCUT2D eigenvalue weighted by molar-refractivity contribution is 4.77. The molecule has 0 aromatic heterocycles. The zero-order chi connectivity index (χ0) is 13.6. The van der Waals surface area contributed by atoms with Gasteiger partial charge in [-0.1, -0.05) is 6.42 Å². The van der Waals surface area contributed by atoms with Crippen LogP contribution in [0.4, 0.5) is 0 Å². The lowest BCUT2D eigenvalue weighted by atomic mass is 10.0. The van der Waals surface area contributed by atoms with Gasteiger partial charge in [0.15, 0.2) is 0 Å². The lowest BCUT2D eigenvalue weighted by Crippen LogP contribution is -2.42. The van der Waals surface area contributed by atoms with E-state index in [9.17, 15) is 0 Å². The van der Waals surface area contributed by atoms with Gasteiger partial charge in [0.25, 0.3) is 0 Å². The Morgan fingerprint density at radius 2 is 1.17 bits per heavy atom. The molecule has 1 aliphatic heterocycles. The van der Waals surface area contributed by atoms with E-state index in [1.54, 1.807) is 0 Å². The predicted octanol–water partition coefficient (Wildman–Crippen LogP) is 3.76. The smallest absolute Gasteiger partial charge is 0.0125 e. The van der Waals surface area contributed by atoms with Crippen LogP contribution in [-0.2, 0) is 0 Å². The van der Waals surface area contributed by atoms with Gasteiger partial charge in [0.1, 0.15) is 0 Å². The van der Waals surface area contributed by atoms with Crippen LogP contribution in [-0.4, -0.2) is 47.6 Å². The third-order valence-electron chi connectivity index (χ3n) is 4.18. The van der Waals surface area contributed by atoms with Crippen molar-refractivity contribution in [2.24, 2.45) is 0 Å². The van der Waals surface area contributed by atoms with Gasteiger partial charge in [-0.25, -0.2) is 0 Å². The monoisotopic (exact) mass is 254 g/mol. The topological polar surface area (TPSA) is 6.48 Å². The van der Waals surface area contributed by atoms with E-state index in [1.165, 1.54) is 58.3 Å². The van der Waals surface area contributed by atoms with Gasteiger partial charge in [0.2, 0.25) is 0 Å². The van der Waals surface area contributed by atoms with E-state index in [4.69, 9.17) is 0 Å². The van der Waals surface area contributed by atoms with Crippen molar-refractivity contribution in [1.29, 1.82) is 0 Å². The van der Waals surface area contributed by atoms with Crippen molar-refractivity contribution >= 4 is 0 Å². The van der Waals surface area contributed by atoms with Crippen molar-refractivity contribution in [1.82, 2.24) is 9.80 Å². The molecule has 18 heavy (non-hydrogen) atoms. The Morgan fingerprint density at radius 1 is 0.722 bits per heavy atom. The number of hydrogen-bond donors (Lipinski definition) is 0.